The predicted octanol–water partition coefficient (Wildman–Crippen LogP) is 3.45. The summed E-state index contributed by atoms with van der Waals surface area (Å²) >= 11 is 5.66. The number of alkyl halides is 1. The fourth-order valence-electron chi connectivity index (χ4n) is 1.87. The normalized spacial score (nSPS) is 10.5. The van der Waals surface area contributed by atoms with E-state index in [1.54, 1.807) is 0 Å². The first-order valence-electron chi connectivity index (χ1n) is 5.67. The number of rotatable bonds is 5. The van der Waals surface area contributed by atoms with E-state index in [0.717, 1.165) is 18.5 Å². The molecule has 0 spiro atoms. The predicted molar refractivity (Wildman–Crippen MR) is 69.0 cm³/mol. The minimum atomic E-state index is -0.0263. The van der Waals surface area contributed by atoms with E-state index in [1.165, 1.54) is 0 Å². The Morgan fingerprint density at radius 3 is 2.25 bits per heavy atom. The van der Waals surface area contributed by atoms with Crippen LogP contribution in [0.5, 0.6) is 0 Å². The summed E-state index contributed by atoms with van der Waals surface area (Å²) in [5.41, 5.74) is 0.932. The summed E-state index contributed by atoms with van der Waals surface area (Å²) < 4.78 is 0. The Kier molecular flexibility index (Phi) is 5.33. The summed E-state index contributed by atoms with van der Waals surface area (Å²) in [6.07, 6.45) is 1.88. The maximum atomic E-state index is 11.9. The minimum Gasteiger partial charge on any atom is -0.308 e. The molecule has 0 aromatic heterocycles. The first-order chi connectivity index (χ1) is 7.74. The smallest absolute Gasteiger partial charge is 0.242 e. The highest BCUT2D eigenvalue weighted by Gasteiger charge is 2.21. The molecule has 0 bridgehead atoms. The lowest BCUT2D eigenvalue weighted by atomic mass is 10.1. The van der Waals surface area contributed by atoms with Crippen molar-refractivity contribution >= 4 is 23.2 Å². The molecule has 1 aromatic carbocycles. The Hall–Kier alpha value is -1.02. The van der Waals surface area contributed by atoms with Crippen LogP contribution >= 0.6 is 11.6 Å². The molecule has 0 unspecified atom stereocenters. The van der Waals surface area contributed by atoms with Gasteiger partial charge in [-0.2, -0.15) is 0 Å². The molecule has 0 aliphatic heterocycles. The van der Waals surface area contributed by atoms with Crippen molar-refractivity contribution < 1.29 is 4.79 Å². The lowest BCUT2D eigenvalue weighted by Gasteiger charge is -2.30. The third kappa shape index (κ3) is 2.99. The third-order valence-corrected chi connectivity index (χ3v) is 2.95. The largest absolute Gasteiger partial charge is 0.308 e. The zero-order valence-electron chi connectivity index (χ0n) is 9.82. The Morgan fingerprint density at radius 2 is 1.81 bits per heavy atom. The number of carbonyl (C=O) groups is 1. The van der Waals surface area contributed by atoms with E-state index in [1.807, 2.05) is 35.2 Å². The third-order valence-electron chi connectivity index (χ3n) is 2.73. The van der Waals surface area contributed by atoms with E-state index in [9.17, 15) is 4.79 Å². The van der Waals surface area contributed by atoms with Crippen molar-refractivity contribution in [2.24, 2.45) is 0 Å². The molecule has 1 rings (SSSR count). The minimum absolute atomic E-state index is 0.0263. The van der Waals surface area contributed by atoms with Gasteiger partial charge in [-0.25, -0.2) is 0 Å². The van der Waals surface area contributed by atoms with E-state index >= 15 is 0 Å². The van der Waals surface area contributed by atoms with Crippen molar-refractivity contribution in [3.05, 3.63) is 30.3 Å². The van der Waals surface area contributed by atoms with E-state index in [2.05, 4.69) is 13.8 Å². The standard InChI is InChI=1S/C13H18ClNO/c1-3-11(4-2)15(13(16)10-14)12-8-6-5-7-9-12/h5-9,11H,3-4,10H2,1-2H3. The molecule has 0 saturated carbocycles. The molecule has 1 amide bonds. The Morgan fingerprint density at radius 1 is 1.25 bits per heavy atom. The molecule has 0 N–H and O–H groups in total. The summed E-state index contributed by atoms with van der Waals surface area (Å²) in [6, 6.07) is 9.94. The molecule has 88 valence electrons. The molecule has 0 fully saturated rings. The average Bonchev–Trinajstić information content (AvgIpc) is 2.36. The summed E-state index contributed by atoms with van der Waals surface area (Å²) in [6.45, 7) is 4.18. The summed E-state index contributed by atoms with van der Waals surface area (Å²) in [5.74, 6) is 0.00680. The van der Waals surface area contributed by atoms with Crippen LogP contribution in [0.3, 0.4) is 0 Å². The monoisotopic (exact) mass is 239 g/mol. The van der Waals surface area contributed by atoms with Crippen LogP contribution in [0.25, 0.3) is 0 Å². The van der Waals surface area contributed by atoms with Gasteiger partial charge in [-0.05, 0) is 25.0 Å². The van der Waals surface area contributed by atoms with Crippen molar-refractivity contribution in [3.63, 3.8) is 0 Å². The Labute approximate surface area is 102 Å². The van der Waals surface area contributed by atoms with Gasteiger partial charge in [0.1, 0.15) is 5.88 Å². The molecule has 0 radical (unpaired) electrons. The van der Waals surface area contributed by atoms with Gasteiger partial charge in [0.15, 0.2) is 0 Å². The van der Waals surface area contributed by atoms with E-state index in [4.69, 9.17) is 11.6 Å². The zero-order valence-corrected chi connectivity index (χ0v) is 10.6. The molecule has 0 atom stereocenters. The van der Waals surface area contributed by atoms with Crippen LogP contribution in [0.1, 0.15) is 26.7 Å². The van der Waals surface area contributed by atoms with Gasteiger partial charge >= 0.3 is 0 Å². The van der Waals surface area contributed by atoms with Crippen molar-refractivity contribution in [1.29, 1.82) is 0 Å². The molecule has 0 saturated heterocycles. The van der Waals surface area contributed by atoms with Crippen molar-refractivity contribution in [2.75, 3.05) is 10.8 Å². The van der Waals surface area contributed by atoms with Gasteiger partial charge in [-0.3, -0.25) is 4.79 Å². The van der Waals surface area contributed by atoms with Gasteiger partial charge in [0.05, 0.1) is 0 Å². The lowest BCUT2D eigenvalue weighted by Crippen LogP contribution is -2.40. The molecule has 3 heteroatoms. The fourth-order valence-corrected chi connectivity index (χ4v) is 1.99. The number of benzene rings is 1. The Balaban J connectivity index is 3.00. The van der Waals surface area contributed by atoms with Gasteiger partial charge in [-0.15, -0.1) is 11.6 Å². The van der Waals surface area contributed by atoms with Crippen LogP contribution in [-0.4, -0.2) is 17.8 Å². The topological polar surface area (TPSA) is 20.3 Å². The molecule has 0 aliphatic rings. The van der Waals surface area contributed by atoms with Crippen LogP contribution in [0.2, 0.25) is 0 Å². The first kappa shape index (κ1) is 13.0. The molecule has 16 heavy (non-hydrogen) atoms. The van der Waals surface area contributed by atoms with Crippen LogP contribution in [-0.2, 0) is 4.79 Å². The highest BCUT2D eigenvalue weighted by atomic mass is 35.5. The summed E-state index contributed by atoms with van der Waals surface area (Å²) in [7, 11) is 0. The fraction of sp³-hybridized carbons (Fsp3) is 0.462. The summed E-state index contributed by atoms with van der Waals surface area (Å²) in [5, 5.41) is 0. The van der Waals surface area contributed by atoms with Gasteiger partial charge < -0.3 is 4.90 Å². The zero-order chi connectivity index (χ0) is 12.0. The highest BCUT2D eigenvalue weighted by Crippen LogP contribution is 2.20. The summed E-state index contributed by atoms with van der Waals surface area (Å²) in [4.78, 5) is 13.7. The number of amides is 1. The second-order valence-corrected chi connectivity index (χ2v) is 3.97. The molecule has 2 nitrogen and oxygen atoms in total. The van der Waals surface area contributed by atoms with Gasteiger partial charge in [0.2, 0.25) is 5.91 Å². The number of hydrogen-bond acceptors (Lipinski definition) is 1. The maximum absolute atomic E-state index is 11.9. The van der Waals surface area contributed by atoms with Crippen LogP contribution < -0.4 is 4.90 Å². The van der Waals surface area contributed by atoms with Gasteiger partial charge in [-0.1, -0.05) is 32.0 Å². The highest BCUT2D eigenvalue weighted by molar-refractivity contribution is 6.29. The van der Waals surface area contributed by atoms with Crippen LogP contribution in [0, 0.1) is 0 Å². The second-order valence-electron chi connectivity index (χ2n) is 3.70. The quantitative estimate of drug-likeness (QED) is 0.721. The first-order valence-corrected chi connectivity index (χ1v) is 6.21. The van der Waals surface area contributed by atoms with Crippen LogP contribution in [0.15, 0.2) is 30.3 Å². The molecule has 0 heterocycles. The SMILES string of the molecule is CCC(CC)N(C(=O)CCl)c1ccccc1. The molecule has 0 aliphatic carbocycles. The Bertz CT molecular complexity index is 322. The number of nitrogens with zero attached hydrogens (tertiary/aromatic N) is 1. The lowest BCUT2D eigenvalue weighted by molar-refractivity contribution is -0.116. The van der Waals surface area contributed by atoms with Gasteiger partial charge in [0, 0.05) is 11.7 Å². The van der Waals surface area contributed by atoms with E-state index in [0.29, 0.717) is 0 Å². The maximum Gasteiger partial charge on any atom is 0.242 e. The van der Waals surface area contributed by atoms with Crippen LogP contribution in [0.4, 0.5) is 5.69 Å². The van der Waals surface area contributed by atoms with Crippen molar-refractivity contribution in [2.45, 2.75) is 32.7 Å². The van der Waals surface area contributed by atoms with Gasteiger partial charge in [0.25, 0.3) is 0 Å². The number of halogens is 1. The van der Waals surface area contributed by atoms with E-state index in [-0.39, 0.29) is 17.8 Å². The second kappa shape index (κ2) is 6.54. The van der Waals surface area contributed by atoms with Crippen molar-refractivity contribution in [3.8, 4) is 0 Å². The molecular weight excluding hydrogens is 222 g/mol. The average molecular weight is 240 g/mol. The number of hydrogen-bond donors (Lipinski definition) is 0. The number of para-hydroxylation sites is 1. The van der Waals surface area contributed by atoms with E-state index < -0.39 is 0 Å². The number of anilines is 1. The van der Waals surface area contributed by atoms with Crippen molar-refractivity contribution in [1.82, 2.24) is 0 Å². The number of carbonyl (C=O) groups excluding carboxylic acids is 1. The molecular formula is C13H18ClNO. The molecule has 1 aromatic rings.